The smallest absolute Gasteiger partial charge is 0.309 e. The van der Waals surface area contributed by atoms with Crippen molar-refractivity contribution in [3.8, 4) is 0 Å². The maximum Gasteiger partial charge on any atom is 0.309 e. The Morgan fingerprint density at radius 1 is 1.29 bits per heavy atom. The summed E-state index contributed by atoms with van der Waals surface area (Å²) in [6.45, 7) is 9.93. The molecule has 0 aliphatic rings. The zero-order chi connectivity index (χ0) is 11.2. The molecule has 0 spiro atoms. The van der Waals surface area contributed by atoms with Crippen molar-refractivity contribution in [1.29, 1.82) is 0 Å². The van der Waals surface area contributed by atoms with Crippen LogP contribution in [-0.4, -0.2) is 11.6 Å². The number of rotatable bonds is 5. The van der Waals surface area contributed by atoms with Crippen molar-refractivity contribution in [3.63, 3.8) is 0 Å². The summed E-state index contributed by atoms with van der Waals surface area (Å²) in [5, 5.41) is 0. The van der Waals surface area contributed by atoms with Gasteiger partial charge in [0.25, 0.3) is 0 Å². The van der Waals surface area contributed by atoms with E-state index in [0.717, 1.165) is 25.7 Å². The highest BCUT2D eigenvalue weighted by Gasteiger charge is 2.22. The molecule has 0 saturated heterocycles. The molecule has 0 bridgehead atoms. The summed E-state index contributed by atoms with van der Waals surface area (Å²) < 4.78 is 5.35. The third-order valence-electron chi connectivity index (χ3n) is 2.14. The van der Waals surface area contributed by atoms with Crippen molar-refractivity contribution in [2.45, 2.75) is 65.9 Å². The topological polar surface area (TPSA) is 26.3 Å². The van der Waals surface area contributed by atoms with Crippen LogP contribution >= 0.6 is 0 Å². The fourth-order valence-corrected chi connectivity index (χ4v) is 1.32. The molecular formula is C12H24O2. The average molecular weight is 200 g/mol. The molecule has 0 aromatic heterocycles. The van der Waals surface area contributed by atoms with Crippen LogP contribution in [0.15, 0.2) is 0 Å². The molecule has 0 unspecified atom stereocenters. The Hall–Kier alpha value is -0.530. The van der Waals surface area contributed by atoms with Gasteiger partial charge in [0.1, 0.15) is 5.60 Å². The van der Waals surface area contributed by atoms with E-state index < -0.39 is 0 Å². The normalized spacial score (nSPS) is 13.8. The van der Waals surface area contributed by atoms with Crippen molar-refractivity contribution < 1.29 is 9.53 Å². The van der Waals surface area contributed by atoms with Crippen LogP contribution in [0.2, 0.25) is 0 Å². The highest BCUT2D eigenvalue weighted by molar-refractivity contribution is 5.72. The summed E-state index contributed by atoms with van der Waals surface area (Å²) in [6, 6.07) is 0. The quantitative estimate of drug-likeness (QED) is 0.634. The van der Waals surface area contributed by atoms with Crippen LogP contribution in [0.1, 0.15) is 60.3 Å². The number of carbonyl (C=O) groups is 1. The lowest BCUT2D eigenvalue weighted by molar-refractivity contribution is -0.160. The molecule has 0 amide bonds. The summed E-state index contributed by atoms with van der Waals surface area (Å²) in [6.07, 6.45) is 4.09. The van der Waals surface area contributed by atoms with Crippen molar-refractivity contribution in [1.82, 2.24) is 0 Å². The fraction of sp³-hybridized carbons (Fsp3) is 0.917. The standard InChI is InChI=1S/C12H24O2/c1-6-8-9-10(7-2)11(13)14-12(3,4)5/h10H,6-9H2,1-5H3/t10-/m1/s1. The monoisotopic (exact) mass is 200 g/mol. The second-order valence-electron chi connectivity index (χ2n) is 4.78. The van der Waals surface area contributed by atoms with Gasteiger partial charge in [-0.25, -0.2) is 0 Å². The molecular weight excluding hydrogens is 176 g/mol. The van der Waals surface area contributed by atoms with E-state index in [1.54, 1.807) is 0 Å². The first-order valence-corrected chi connectivity index (χ1v) is 5.63. The van der Waals surface area contributed by atoms with E-state index in [2.05, 4.69) is 6.92 Å². The largest absolute Gasteiger partial charge is 0.460 e. The minimum atomic E-state index is -0.350. The van der Waals surface area contributed by atoms with Crippen LogP contribution in [0.5, 0.6) is 0 Å². The summed E-state index contributed by atoms with van der Waals surface area (Å²) in [5.74, 6) is 0.0580. The first-order chi connectivity index (χ1) is 6.40. The highest BCUT2D eigenvalue weighted by atomic mass is 16.6. The minimum absolute atomic E-state index is 0.0338. The second-order valence-corrected chi connectivity index (χ2v) is 4.78. The van der Waals surface area contributed by atoms with Crippen LogP contribution in [0.25, 0.3) is 0 Å². The molecule has 0 aliphatic carbocycles. The zero-order valence-electron chi connectivity index (χ0n) is 10.2. The predicted octanol–water partition coefficient (Wildman–Crippen LogP) is 3.54. The molecule has 0 rings (SSSR count). The van der Waals surface area contributed by atoms with Gasteiger partial charge in [0.05, 0.1) is 5.92 Å². The number of unbranched alkanes of at least 4 members (excludes halogenated alkanes) is 1. The van der Waals surface area contributed by atoms with E-state index in [4.69, 9.17) is 4.74 Å². The van der Waals surface area contributed by atoms with E-state index >= 15 is 0 Å². The van der Waals surface area contributed by atoms with E-state index in [9.17, 15) is 4.79 Å². The molecule has 0 N–H and O–H groups in total. The lowest BCUT2D eigenvalue weighted by Gasteiger charge is -2.23. The molecule has 2 heteroatoms. The Morgan fingerprint density at radius 3 is 2.21 bits per heavy atom. The van der Waals surface area contributed by atoms with Crippen LogP contribution in [0.3, 0.4) is 0 Å². The lowest BCUT2D eigenvalue weighted by Crippen LogP contribution is -2.28. The molecule has 0 aromatic carbocycles. The maximum atomic E-state index is 11.7. The number of esters is 1. The molecule has 0 fully saturated rings. The van der Waals surface area contributed by atoms with E-state index in [1.807, 2.05) is 27.7 Å². The van der Waals surface area contributed by atoms with Gasteiger partial charge in [0.15, 0.2) is 0 Å². The Morgan fingerprint density at radius 2 is 1.86 bits per heavy atom. The van der Waals surface area contributed by atoms with Gasteiger partial charge in [0.2, 0.25) is 0 Å². The van der Waals surface area contributed by atoms with Gasteiger partial charge < -0.3 is 4.74 Å². The maximum absolute atomic E-state index is 11.7. The highest BCUT2D eigenvalue weighted by Crippen LogP contribution is 2.18. The van der Waals surface area contributed by atoms with Crippen molar-refractivity contribution >= 4 is 5.97 Å². The number of ether oxygens (including phenoxy) is 1. The summed E-state index contributed by atoms with van der Waals surface area (Å²) in [7, 11) is 0. The van der Waals surface area contributed by atoms with Gasteiger partial charge in [-0.2, -0.15) is 0 Å². The number of hydrogen-bond acceptors (Lipinski definition) is 2. The molecule has 2 nitrogen and oxygen atoms in total. The van der Waals surface area contributed by atoms with Crippen molar-refractivity contribution in [2.75, 3.05) is 0 Å². The summed E-state index contributed by atoms with van der Waals surface area (Å²) in [4.78, 5) is 11.7. The van der Waals surface area contributed by atoms with E-state index in [0.29, 0.717) is 0 Å². The molecule has 0 aromatic rings. The van der Waals surface area contributed by atoms with Crippen LogP contribution in [0.4, 0.5) is 0 Å². The van der Waals surface area contributed by atoms with Crippen LogP contribution < -0.4 is 0 Å². The molecule has 1 atom stereocenters. The van der Waals surface area contributed by atoms with Gasteiger partial charge in [-0.3, -0.25) is 4.79 Å². The second kappa shape index (κ2) is 6.05. The molecule has 0 radical (unpaired) electrons. The minimum Gasteiger partial charge on any atom is -0.460 e. The van der Waals surface area contributed by atoms with Gasteiger partial charge in [-0.1, -0.05) is 26.7 Å². The Bertz CT molecular complexity index is 168. The van der Waals surface area contributed by atoms with Gasteiger partial charge in [0, 0.05) is 0 Å². The zero-order valence-corrected chi connectivity index (χ0v) is 10.2. The molecule has 0 aliphatic heterocycles. The first-order valence-electron chi connectivity index (χ1n) is 5.63. The Labute approximate surface area is 88.0 Å². The summed E-state index contributed by atoms with van der Waals surface area (Å²) in [5.41, 5.74) is -0.350. The number of hydrogen-bond donors (Lipinski definition) is 0. The van der Waals surface area contributed by atoms with Crippen LogP contribution in [0, 0.1) is 5.92 Å². The van der Waals surface area contributed by atoms with Gasteiger partial charge in [-0.15, -0.1) is 0 Å². The molecule has 84 valence electrons. The van der Waals surface area contributed by atoms with Gasteiger partial charge in [-0.05, 0) is 33.6 Å². The van der Waals surface area contributed by atoms with E-state index in [-0.39, 0.29) is 17.5 Å². The van der Waals surface area contributed by atoms with E-state index in [1.165, 1.54) is 0 Å². The van der Waals surface area contributed by atoms with Crippen LogP contribution in [-0.2, 0) is 9.53 Å². The predicted molar refractivity (Wildman–Crippen MR) is 59.2 cm³/mol. The van der Waals surface area contributed by atoms with Crippen molar-refractivity contribution in [3.05, 3.63) is 0 Å². The van der Waals surface area contributed by atoms with Crippen molar-refractivity contribution in [2.24, 2.45) is 5.92 Å². The molecule has 0 saturated carbocycles. The average Bonchev–Trinajstić information content (AvgIpc) is 2.02. The Balaban J connectivity index is 4.04. The summed E-state index contributed by atoms with van der Waals surface area (Å²) >= 11 is 0. The third-order valence-corrected chi connectivity index (χ3v) is 2.14. The lowest BCUT2D eigenvalue weighted by atomic mass is 9.99. The fourth-order valence-electron chi connectivity index (χ4n) is 1.32. The number of carbonyl (C=O) groups excluding carboxylic acids is 1. The van der Waals surface area contributed by atoms with Gasteiger partial charge >= 0.3 is 5.97 Å². The first kappa shape index (κ1) is 13.5. The third kappa shape index (κ3) is 6.01. The SMILES string of the molecule is CCCC[C@@H](CC)C(=O)OC(C)(C)C. The molecule has 0 heterocycles. The Kier molecular flexibility index (Phi) is 5.82. The molecule has 14 heavy (non-hydrogen) atoms.